The summed E-state index contributed by atoms with van der Waals surface area (Å²) in [5.41, 5.74) is 8.10. The second-order valence-corrected chi connectivity index (χ2v) is 3.26. The van der Waals surface area contributed by atoms with Crippen molar-refractivity contribution in [3.8, 4) is 17.0 Å². The zero-order valence-electron chi connectivity index (χ0n) is 9.05. The van der Waals surface area contributed by atoms with Crippen LogP contribution in [0, 0.1) is 0 Å². The monoisotopic (exact) mass is 215 g/mol. The van der Waals surface area contributed by atoms with E-state index in [9.17, 15) is 0 Å². The largest absolute Gasteiger partial charge is 0.496 e. The first-order valence-corrected chi connectivity index (χ1v) is 5.00. The number of nitrogens with two attached hydrogens (primary N) is 1. The molecule has 0 saturated carbocycles. The lowest BCUT2D eigenvalue weighted by molar-refractivity contribution is 0.416. The van der Waals surface area contributed by atoms with E-state index in [2.05, 4.69) is 9.97 Å². The molecule has 0 bridgehead atoms. The lowest BCUT2D eigenvalue weighted by Gasteiger charge is -2.09. The van der Waals surface area contributed by atoms with E-state index in [1.54, 1.807) is 19.5 Å². The third kappa shape index (κ3) is 1.87. The fourth-order valence-corrected chi connectivity index (χ4v) is 1.58. The van der Waals surface area contributed by atoms with E-state index >= 15 is 0 Å². The van der Waals surface area contributed by atoms with Gasteiger partial charge in [0.1, 0.15) is 5.75 Å². The highest BCUT2D eigenvalue weighted by Crippen LogP contribution is 2.29. The van der Waals surface area contributed by atoms with Crippen LogP contribution in [0.4, 0.5) is 0 Å². The summed E-state index contributed by atoms with van der Waals surface area (Å²) >= 11 is 0. The number of benzene rings is 1. The summed E-state index contributed by atoms with van der Waals surface area (Å²) in [5, 5.41) is 0. The molecule has 0 aliphatic rings. The van der Waals surface area contributed by atoms with Crippen LogP contribution in [-0.2, 0) is 6.54 Å². The lowest BCUT2D eigenvalue weighted by Crippen LogP contribution is -2.04. The third-order valence-electron chi connectivity index (χ3n) is 2.33. The van der Waals surface area contributed by atoms with Crippen LogP contribution in [0.3, 0.4) is 0 Å². The normalized spacial score (nSPS) is 10.1. The van der Waals surface area contributed by atoms with E-state index in [0.717, 1.165) is 22.7 Å². The fraction of sp³-hybridized carbons (Fsp3) is 0.167. The Bertz CT molecular complexity index is 440. The standard InChI is InChI=1S/C12H13N3O/c1-16-11-5-3-2-4-9(11)12-10(8-13)14-6-7-15-12/h2-7H,8,13H2,1H3. The molecule has 16 heavy (non-hydrogen) atoms. The maximum absolute atomic E-state index is 5.64. The zero-order valence-corrected chi connectivity index (χ0v) is 9.05. The smallest absolute Gasteiger partial charge is 0.128 e. The van der Waals surface area contributed by atoms with Crippen molar-refractivity contribution < 1.29 is 4.74 Å². The highest BCUT2D eigenvalue weighted by atomic mass is 16.5. The summed E-state index contributed by atoms with van der Waals surface area (Å²) in [6.07, 6.45) is 3.29. The van der Waals surface area contributed by atoms with Crippen LogP contribution in [0.15, 0.2) is 36.7 Å². The number of rotatable bonds is 3. The van der Waals surface area contributed by atoms with Crippen molar-refractivity contribution in [2.45, 2.75) is 6.54 Å². The van der Waals surface area contributed by atoms with Gasteiger partial charge in [-0.25, -0.2) is 0 Å². The van der Waals surface area contributed by atoms with Gasteiger partial charge in [0.15, 0.2) is 0 Å². The average molecular weight is 215 g/mol. The van der Waals surface area contributed by atoms with E-state index in [1.165, 1.54) is 0 Å². The molecule has 0 unspecified atom stereocenters. The molecule has 0 atom stereocenters. The first kappa shape index (κ1) is 10.6. The van der Waals surface area contributed by atoms with Gasteiger partial charge in [0.25, 0.3) is 0 Å². The highest BCUT2D eigenvalue weighted by molar-refractivity contribution is 5.68. The summed E-state index contributed by atoms with van der Waals surface area (Å²) in [7, 11) is 1.64. The van der Waals surface area contributed by atoms with Gasteiger partial charge in [-0.3, -0.25) is 9.97 Å². The van der Waals surface area contributed by atoms with Gasteiger partial charge >= 0.3 is 0 Å². The van der Waals surface area contributed by atoms with Crippen LogP contribution in [0.1, 0.15) is 5.69 Å². The molecular formula is C12H13N3O. The van der Waals surface area contributed by atoms with Crippen LogP contribution >= 0.6 is 0 Å². The summed E-state index contributed by atoms with van der Waals surface area (Å²) in [4.78, 5) is 8.51. The minimum absolute atomic E-state index is 0.362. The number of aromatic nitrogens is 2. The Morgan fingerprint density at radius 3 is 2.69 bits per heavy atom. The number of nitrogens with zero attached hydrogens (tertiary/aromatic N) is 2. The number of hydrogen-bond donors (Lipinski definition) is 1. The molecule has 2 rings (SSSR count). The third-order valence-corrected chi connectivity index (χ3v) is 2.33. The maximum Gasteiger partial charge on any atom is 0.128 e. The van der Waals surface area contributed by atoms with Crippen molar-refractivity contribution >= 4 is 0 Å². The van der Waals surface area contributed by atoms with E-state index in [0.29, 0.717) is 6.54 Å². The second-order valence-electron chi connectivity index (χ2n) is 3.26. The predicted octanol–water partition coefficient (Wildman–Crippen LogP) is 1.61. The second kappa shape index (κ2) is 4.72. The van der Waals surface area contributed by atoms with E-state index in [1.807, 2.05) is 24.3 Å². The predicted molar refractivity (Wildman–Crippen MR) is 61.9 cm³/mol. The van der Waals surface area contributed by atoms with Gasteiger partial charge in [-0.15, -0.1) is 0 Å². The summed E-state index contributed by atoms with van der Waals surface area (Å²) in [6, 6.07) is 7.69. The van der Waals surface area contributed by atoms with Gasteiger partial charge in [-0.1, -0.05) is 12.1 Å². The van der Waals surface area contributed by atoms with Crippen LogP contribution in [0.25, 0.3) is 11.3 Å². The van der Waals surface area contributed by atoms with Gasteiger partial charge in [-0.2, -0.15) is 0 Å². The van der Waals surface area contributed by atoms with Gasteiger partial charge in [0.05, 0.1) is 18.5 Å². The quantitative estimate of drug-likeness (QED) is 0.845. The Hall–Kier alpha value is -1.94. The number of ether oxygens (including phenoxy) is 1. The summed E-state index contributed by atoms with van der Waals surface area (Å²) in [5.74, 6) is 0.776. The molecule has 0 radical (unpaired) electrons. The van der Waals surface area contributed by atoms with Crippen LogP contribution in [-0.4, -0.2) is 17.1 Å². The number of methoxy groups -OCH3 is 1. The molecule has 4 heteroatoms. The first-order valence-electron chi connectivity index (χ1n) is 5.00. The molecule has 1 aromatic heterocycles. The van der Waals surface area contributed by atoms with Crippen LogP contribution in [0.5, 0.6) is 5.75 Å². The van der Waals surface area contributed by atoms with Crippen molar-refractivity contribution in [2.75, 3.05) is 7.11 Å². The maximum atomic E-state index is 5.64. The van der Waals surface area contributed by atoms with Crippen molar-refractivity contribution in [1.82, 2.24) is 9.97 Å². The highest BCUT2D eigenvalue weighted by Gasteiger charge is 2.10. The molecule has 0 spiro atoms. The van der Waals surface area contributed by atoms with Gasteiger partial charge in [-0.05, 0) is 12.1 Å². The fourth-order valence-electron chi connectivity index (χ4n) is 1.58. The van der Waals surface area contributed by atoms with Crippen molar-refractivity contribution in [2.24, 2.45) is 5.73 Å². The van der Waals surface area contributed by atoms with E-state index in [-0.39, 0.29) is 0 Å². The Kier molecular flexibility index (Phi) is 3.12. The van der Waals surface area contributed by atoms with Crippen LogP contribution in [0.2, 0.25) is 0 Å². The molecular weight excluding hydrogens is 202 g/mol. The molecule has 82 valence electrons. The van der Waals surface area contributed by atoms with Gasteiger partial charge in [0, 0.05) is 24.5 Å². The van der Waals surface area contributed by atoms with Gasteiger partial charge in [0.2, 0.25) is 0 Å². The Morgan fingerprint density at radius 1 is 1.19 bits per heavy atom. The zero-order chi connectivity index (χ0) is 11.4. The average Bonchev–Trinajstić information content (AvgIpc) is 2.38. The van der Waals surface area contributed by atoms with E-state index in [4.69, 9.17) is 10.5 Å². The first-order chi connectivity index (χ1) is 7.86. The Labute approximate surface area is 94.1 Å². The van der Waals surface area contributed by atoms with Crippen molar-refractivity contribution in [3.05, 3.63) is 42.4 Å². The molecule has 0 aliphatic carbocycles. The molecule has 0 saturated heterocycles. The van der Waals surface area contributed by atoms with E-state index < -0.39 is 0 Å². The molecule has 1 heterocycles. The molecule has 2 aromatic rings. The molecule has 0 amide bonds. The Morgan fingerprint density at radius 2 is 1.94 bits per heavy atom. The topological polar surface area (TPSA) is 61.0 Å². The SMILES string of the molecule is COc1ccccc1-c1nccnc1CN. The van der Waals surface area contributed by atoms with Crippen LogP contribution < -0.4 is 10.5 Å². The number of para-hydroxylation sites is 1. The minimum Gasteiger partial charge on any atom is -0.496 e. The summed E-state index contributed by atoms with van der Waals surface area (Å²) in [6.45, 7) is 0.362. The molecule has 0 aliphatic heterocycles. The molecule has 1 aromatic carbocycles. The minimum atomic E-state index is 0.362. The van der Waals surface area contributed by atoms with Gasteiger partial charge < -0.3 is 10.5 Å². The molecule has 4 nitrogen and oxygen atoms in total. The van der Waals surface area contributed by atoms with Crippen molar-refractivity contribution in [1.29, 1.82) is 0 Å². The molecule has 2 N–H and O–H groups in total. The lowest BCUT2D eigenvalue weighted by atomic mass is 10.1. The van der Waals surface area contributed by atoms with Crippen molar-refractivity contribution in [3.63, 3.8) is 0 Å². The molecule has 0 fully saturated rings. The number of hydrogen-bond acceptors (Lipinski definition) is 4. The Balaban J connectivity index is 2.58. The summed E-state index contributed by atoms with van der Waals surface area (Å²) < 4.78 is 5.29.